The molecule has 6 nitrogen and oxygen atoms in total. The number of nitrogens with zero attached hydrogens (tertiary/aromatic N) is 2. The van der Waals surface area contributed by atoms with E-state index in [0.717, 1.165) is 12.1 Å². The van der Waals surface area contributed by atoms with E-state index in [4.69, 9.17) is 4.74 Å². The van der Waals surface area contributed by atoms with Crippen molar-refractivity contribution < 1.29 is 9.53 Å². The van der Waals surface area contributed by atoms with Crippen LogP contribution in [0, 0.1) is 0 Å². The first-order valence-corrected chi connectivity index (χ1v) is 7.31. The molecule has 6 heteroatoms. The Morgan fingerprint density at radius 2 is 2.05 bits per heavy atom. The van der Waals surface area contributed by atoms with E-state index in [1.54, 1.807) is 12.4 Å². The zero-order chi connectivity index (χ0) is 15.2. The fraction of sp³-hybridized carbons (Fsp3) is 0.312. The fourth-order valence-corrected chi connectivity index (χ4v) is 2.30. The van der Waals surface area contributed by atoms with E-state index in [-0.39, 0.29) is 12.0 Å². The van der Waals surface area contributed by atoms with Crippen molar-refractivity contribution in [3.8, 4) is 11.4 Å². The summed E-state index contributed by atoms with van der Waals surface area (Å²) in [5, 5.41) is 6.00. The highest BCUT2D eigenvalue weighted by Crippen LogP contribution is 2.15. The quantitative estimate of drug-likeness (QED) is 0.893. The first-order chi connectivity index (χ1) is 10.8. The Bertz CT molecular complexity index is 610. The number of benzene rings is 1. The van der Waals surface area contributed by atoms with Gasteiger partial charge in [-0.15, -0.1) is 0 Å². The molecule has 0 aliphatic carbocycles. The lowest BCUT2D eigenvalue weighted by atomic mass is 10.2. The summed E-state index contributed by atoms with van der Waals surface area (Å²) in [6.07, 6.45) is 3.49. The van der Waals surface area contributed by atoms with Crippen LogP contribution in [0.2, 0.25) is 0 Å². The molecule has 1 amide bonds. The van der Waals surface area contributed by atoms with Crippen LogP contribution in [0.1, 0.15) is 6.42 Å². The van der Waals surface area contributed by atoms with Gasteiger partial charge in [0.25, 0.3) is 0 Å². The van der Waals surface area contributed by atoms with Gasteiger partial charge >= 0.3 is 0 Å². The van der Waals surface area contributed by atoms with Gasteiger partial charge in [-0.25, -0.2) is 9.97 Å². The number of carbonyl (C=O) groups is 1. The molecule has 0 radical (unpaired) electrons. The zero-order valence-corrected chi connectivity index (χ0v) is 12.2. The molecule has 2 heterocycles. The van der Waals surface area contributed by atoms with E-state index >= 15 is 0 Å². The molecule has 1 aromatic carbocycles. The highest BCUT2D eigenvalue weighted by atomic mass is 16.5. The van der Waals surface area contributed by atoms with Gasteiger partial charge in [0.15, 0.2) is 5.82 Å². The van der Waals surface area contributed by atoms with Crippen LogP contribution in [0.25, 0.3) is 11.4 Å². The number of rotatable bonds is 4. The second-order valence-electron chi connectivity index (χ2n) is 5.11. The minimum atomic E-state index is -0.0928. The summed E-state index contributed by atoms with van der Waals surface area (Å²) >= 11 is 0. The monoisotopic (exact) mass is 298 g/mol. The summed E-state index contributed by atoms with van der Waals surface area (Å²) in [5.74, 6) is 0.545. The number of hydrogen-bond acceptors (Lipinski definition) is 5. The number of ether oxygens (including phenoxy) is 1. The third-order valence-corrected chi connectivity index (χ3v) is 3.39. The van der Waals surface area contributed by atoms with Crippen molar-refractivity contribution in [1.82, 2.24) is 15.3 Å². The van der Waals surface area contributed by atoms with Crippen molar-refractivity contribution in [2.24, 2.45) is 0 Å². The largest absolute Gasteiger partial charge is 0.375 e. The van der Waals surface area contributed by atoms with Crippen molar-refractivity contribution in [3.05, 3.63) is 42.7 Å². The number of amides is 1. The molecule has 0 spiro atoms. The van der Waals surface area contributed by atoms with E-state index in [9.17, 15) is 4.79 Å². The summed E-state index contributed by atoms with van der Waals surface area (Å²) in [7, 11) is 0. The Kier molecular flexibility index (Phi) is 4.72. The summed E-state index contributed by atoms with van der Waals surface area (Å²) in [6, 6.07) is 9.71. The average Bonchev–Trinajstić information content (AvgIpc) is 2.57. The fourth-order valence-electron chi connectivity index (χ4n) is 2.30. The molecule has 22 heavy (non-hydrogen) atoms. The molecule has 1 aliphatic heterocycles. The van der Waals surface area contributed by atoms with Crippen LogP contribution in [0.15, 0.2) is 42.7 Å². The van der Waals surface area contributed by atoms with Crippen molar-refractivity contribution >= 4 is 11.6 Å². The van der Waals surface area contributed by atoms with E-state index in [1.165, 1.54) is 0 Å². The smallest absolute Gasteiger partial charge is 0.227 e. The summed E-state index contributed by atoms with van der Waals surface area (Å²) in [6.45, 7) is 2.19. The lowest BCUT2D eigenvalue weighted by Crippen LogP contribution is -2.40. The van der Waals surface area contributed by atoms with Crippen molar-refractivity contribution in [2.45, 2.75) is 12.5 Å². The number of morpholine rings is 1. The first-order valence-electron chi connectivity index (χ1n) is 7.31. The van der Waals surface area contributed by atoms with Gasteiger partial charge in [0.1, 0.15) is 0 Å². The van der Waals surface area contributed by atoms with Crippen LogP contribution in [0.5, 0.6) is 0 Å². The van der Waals surface area contributed by atoms with Gasteiger partial charge < -0.3 is 15.4 Å². The Labute approximate surface area is 128 Å². The number of anilines is 1. The van der Waals surface area contributed by atoms with Crippen LogP contribution in [0.4, 0.5) is 5.69 Å². The highest BCUT2D eigenvalue weighted by molar-refractivity contribution is 5.90. The molecular formula is C16H18N4O2. The summed E-state index contributed by atoms with van der Waals surface area (Å²) in [5.41, 5.74) is 1.54. The molecular weight excluding hydrogens is 280 g/mol. The van der Waals surface area contributed by atoms with Crippen LogP contribution in [0.3, 0.4) is 0 Å². The Hall–Kier alpha value is -2.31. The predicted octanol–water partition coefficient (Wildman–Crippen LogP) is 1.46. The van der Waals surface area contributed by atoms with Gasteiger partial charge in [-0.3, -0.25) is 4.79 Å². The number of hydrogen-bond donors (Lipinski definition) is 2. The number of carbonyl (C=O) groups excluding carboxylic acids is 1. The van der Waals surface area contributed by atoms with Crippen molar-refractivity contribution in [3.63, 3.8) is 0 Å². The molecule has 1 aliphatic rings. The molecule has 3 rings (SSSR count). The van der Waals surface area contributed by atoms with Crippen molar-refractivity contribution in [2.75, 3.05) is 25.0 Å². The SMILES string of the molecule is O=C(CC1CNCCO1)Nc1cnc(-c2ccccc2)nc1. The molecule has 2 N–H and O–H groups in total. The second-order valence-corrected chi connectivity index (χ2v) is 5.11. The third kappa shape index (κ3) is 3.87. The summed E-state index contributed by atoms with van der Waals surface area (Å²) in [4.78, 5) is 20.5. The van der Waals surface area contributed by atoms with Crippen LogP contribution < -0.4 is 10.6 Å². The molecule has 1 atom stereocenters. The lowest BCUT2D eigenvalue weighted by Gasteiger charge is -2.22. The van der Waals surface area contributed by atoms with E-state index in [2.05, 4.69) is 20.6 Å². The Morgan fingerprint density at radius 1 is 1.27 bits per heavy atom. The number of aromatic nitrogens is 2. The molecule has 2 aromatic rings. The van der Waals surface area contributed by atoms with E-state index in [1.807, 2.05) is 30.3 Å². The maximum atomic E-state index is 12.0. The Morgan fingerprint density at radius 3 is 2.73 bits per heavy atom. The lowest BCUT2D eigenvalue weighted by molar-refractivity contribution is -0.119. The molecule has 1 fully saturated rings. The maximum Gasteiger partial charge on any atom is 0.227 e. The molecule has 0 saturated carbocycles. The van der Waals surface area contributed by atoms with Gasteiger partial charge in [0.05, 0.1) is 37.2 Å². The third-order valence-electron chi connectivity index (χ3n) is 3.39. The molecule has 1 saturated heterocycles. The number of nitrogens with one attached hydrogen (secondary N) is 2. The van der Waals surface area contributed by atoms with Crippen LogP contribution >= 0.6 is 0 Å². The Balaban J connectivity index is 1.57. The van der Waals surface area contributed by atoms with Gasteiger partial charge in [-0.05, 0) is 0 Å². The second kappa shape index (κ2) is 7.11. The molecule has 1 unspecified atom stereocenters. The zero-order valence-electron chi connectivity index (χ0n) is 12.2. The standard InChI is InChI=1S/C16H18N4O2/c21-15(8-14-11-17-6-7-22-14)20-13-9-18-16(19-10-13)12-4-2-1-3-5-12/h1-5,9-10,14,17H,6-8,11H2,(H,20,21). The van der Waals surface area contributed by atoms with Gasteiger partial charge in [0.2, 0.25) is 5.91 Å². The van der Waals surface area contributed by atoms with Gasteiger partial charge in [-0.2, -0.15) is 0 Å². The topological polar surface area (TPSA) is 76.1 Å². The highest BCUT2D eigenvalue weighted by Gasteiger charge is 2.17. The van der Waals surface area contributed by atoms with Crippen molar-refractivity contribution in [1.29, 1.82) is 0 Å². The molecule has 1 aromatic heterocycles. The minimum Gasteiger partial charge on any atom is -0.375 e. The first kappa shape index (κ1) is 14.6. The predicted molar refractivity (Wildman–Crippen MR) is 83.3 cm³/mol. The molecule has 0 bridgehead atoms. The van der Waals surface area contributed by atoms with Gasteiger partial charge in [0, 0.05) is 18.7 Å². The maximum absolute atomic E-state index is 12.0. The molecule has 114 valence electrons. The van der Waals surface area contributed by atoms with E-state index in [0.29, 0.717) is 31.1 Å². The van der Waals surface area contributed by atoms with E-state index < -0.39 is 0 Å². The van der Waals surface area contributed by atoms with Gasteiger partial charge in [-0.1, -0.05) is 30.3 Å². The van der Waals surface area contributed by atoms with Crippen LogP contribution in [-0.2, 0) is 9.53 Å². The minimum absolute atomic E-state index is 0.0711. The summed E-state index contributed by atoms with van der Waals surface area (Å²) < 4.78 is 5.51. The van der Waals surface area contributed by atoms with Crippen LogP contribution in [-0.4, -0.2) is 41.7 Å². The normalized spacial score (nSPS) is 17.9. The average molecular weight is 298 g/mol.